The van der Waals surface area contributed by atoms with Crippen molar-refractivity contribution in [1.82, 2.24) is 0 Å². The quantitative estimate of drug-likeness (QED) is 0.157. The lowest BCUT2D eigenvalue weighted by atomic mass is 9.89. The van der Waals surface area contributed by atoms with Crippen molar-refractivity contribution in [3.63, 3.8) is 0 Å². The van der Waals surface area contributed by atoms with Crippen LogP contribution in [0.25, 0.3) is 99.1 Å². The van der Waals surface area contributed by atoms with Gasteiger partial charge in [-0.3, -0.25) is 0 Å². The van der Waals surface area contributed by atoms with Crippen LogP contribution in [-0.4, -0.2) is 0 Å². The van der Waals surface area contributed by atoms with E-state index in [1.807, 2.05) is 0 Å². The smallest absolute Gasteiger partial charge is 0.0540 e. The summed E-state index contributed by atoms with van der Waals surface area (Å²) in [6.07, 6.45) is 0. The van der Waals surface area contributed by atoms with E-state index in [2.05, 4.69) is 241 Å². The minimum absolute atomic E-state index is 1.14. The number of hydrogen-bond acceptors (Lipinski definition) is 1. The molecule has 0 unspecified atom stereocenters. The van der Waals surface area contributed by atoms with Crippen molar-refractivity contribution in [1.29, 1.82) is 0 Å². The summed E-state index contributed by atoms with van der Waals surface area (Å²) in [5, 5.41) is 7.79. The van der Waals surface area contributed by atoms with Gasteiger partial charge in [0.2, 0.25) is 0 Å². The fourth-order valence-electron chi connectivity index (χ4n) is 9.62. The predicted octanol–water partition coefficient (Wildman–Crippen LogP) is 16.9. The molecule has 0 fully saturated rings. The second kappa shape index (κ2) is 14.4. The van der Waals surface area contributed by atoms with Gasteiger partial charge in [-0.15, -0.1) is 0 Å². The first kappa shape index (κ1) is 35.0. The van der Waals surface area contributed by atoms with Gasteiger partial charge < -0.3 is 4.90 Å². The molecule has 1 heterocycles. The van der Waals surface area contributed by atoms with E-state index in [0.717, 1.165) is 11.4 Å². The maximum Gasteiger partial charge on any atom is 0.0540 e. The molecule has 0 saturated carbocycles. The molecule has 0 aliphatic carbocycles. The van der Waals surface area contributed by atoms with E-state index in [1.54, 1.807) is 0 Å². The van der Waals surface area contributed by atoms with Crippen LogP contribution in [0, 0.1) is 0 Å². The highest BCUT2D eigenvalue weighted by molar-refractivity contribution is 6.25. The molecular formula is C60H39N. The Morgan fingerprint density at radius 1 is 0.197 bits per heavy atom. The third kappa shape index (κ3) is 5.93. The third-order valence-electron chi connectivity index (χ3n) is 12.6. The molecule has 0 amide bonds. The van der Waals surface area contributed by atoms with Gasteiger partial charge in [0.25, 0.3) is 0 Å². The lowest BCUT2D eigenvalue weighted by Gasteiger charge is -2.27. The summed E-state index contributed by atoms with van der Waals surface area (Å²) < 4.78 is 0. The first-order valence-corrected chi connectivity index (χ1v) is 21.1. The van der Waals surface area contributed by atoms with Crippen LogP contribution in [0.15, 0.2) is 237 Å². The van der Waals surface area contributed by atoms with Crippen molar-refractivity contribution in [2.75, 3.05) is 4.90 Å². The van der Waals surface area contributed by atoms with Gasteiger partial charge in [0.15, 0.2) is 0 Å². The zero-order valence-electron chi connectivity index (χ0n) is 33.5. The molecule has 284 valence electrons. The van der Waals surface area contributed by atoms with Crippen LogP contribution in [0.3, 0.4) is 0 Å². The van der Waals surface area contributed by atoms with Gasteiger partial charge in [-0.05, 0) is 130 Å². The van der Waals surface area contributed by atoms with Crippen LogP contribution in [0.4, 0.5) is 17.1 Å². The molecule has 0 saturated heterocycles. The molecule has 1 heteroatoms. The van der Waals surface area contributed by atoms with Crippen LogP contribution >= 0.6 is 0 Å². The van der Waals surface area contributed by atoms with Crippen LogP contribution in [0.1, 0.15) is 0 Å². The average molecular weight is 774 g/mol. The van der Waals surface area contributed by atoms with E-state index in [1.165, 1.54) is 105 Å². The standard InChI is InChI=1S/C60H39N/c1-3-13-40(14-4-1)45-32-35-54-55-21-11-12-22-59(55)61(48-15-5-2-6-16-48)60-36-33-47(39-58(60)57(54)38-45)44-29-25-42(26-30-44)41-23-27-43(28-24-41)46-31-34-53-51-19-8-7-17-49(51)50-18-9-10-20-52(50)56(53)37-46/h1-39H. The molecule has 1 nitrogen and oxygen atoms in total. The molecule has 0 aromatic heterocycles. The summed E-state index contributed by atoms with van der Waals surface area (Å²) in [6.45, 7) is 0. The average Bonchev–Trinajstić information content (AvgIpc) is 3.46. The Morgan fingerprint density at radius 3 is 1.21 bits per heavy atom. The summed E-state index contributed by atoms with van der Waals surface area (Å²) in [4.78, 5) is 2.42. The Hall–Kier alpha value is -8.00. The van der Waals surface area contributed by atoms with Gasteiger partial charge in [0.05, 0.1) is 11.4 Å². The lowest BCUT2D eigenvalue weighted by molar-refractivity contribution is 1.29. The number of rotatable bonds is 5. The van der Waals surface area contributed by atoms with E-state index < -0.39 is 0 Å². The fraction of sp³-hybridized carbons (Fsp3) is 0. The highest BCUT2D eigenvalue weighted by atomic mass is 15.1. The molecule has 1 aliphatic heterocycles. The zero-order valence-corrected chi connectivity index (χ0v) is 33.5. The fourth-order valence-corrected chi connectivity index (χ4v) is 9.62. The Bertz CT molecular complexity index is 3400. The van der Waals surface area contributed by atoms with E-state index in [-0.39, 0.29) is 0 Å². The van der Waals surface area contributed by atoms with Crippen molar-refractivity contribution < 1.29 is 0 Å². The van der Waals surface area contributed by atoms with Gasteiger partial charge in [0.1, 0.15) is 0 Å². The Morgan fingerprint density at radius 2 is 0.590 bits per heavy atom. The molecule has 0 atom stereocenters. The highest BCUT2D eigenvalue weighted by Gasteiger charge is 2.27. The van der Waals surface area contributed by atoms with Crippen LogP contribution in [-0.2, 0) is 0 Å². The van der Waals surface area contributed by atoms with Crippen molar-refractivity contribution >= 4 is 49.4 Å². The van der Waals surface area contributed by atoms with Crippen molar-refractivity contribution in [3.05, 3.63) is 237 Å². The van der Waals surface area contributed by atoms with Crippen molar-refractivity contribution in [3.8, 4) is 66.8 Å². The van der Waals surface area contributed by atoms with Crippen LogP contribution in [0.5, 0.6) is 0 Å². The van der Waals surface area contributed by atoms with Gasteiger partial charge in [-0.2, -0.15) is 0 Å². The first-order chi connectivity index (χ1) is 30.2. The number of benzene rings is 11. The van der Waals surface area contributed by atoms with E-state index >= 15 is 0 Å². The second-order valence-electron chi connectivity index (χ2n) is 16.1. The van der Waals surface area contributed by atoms with E-state index in [0.29, 0.717) is 0 Å². The predicted molar refractivity (Wildman–Crippen MR) is 260 cm³/mol. The summed E-state index contributed by atoms with van der Waals surface area (Å²) in [7, 11) is 0. The second-order valence-corrected chi connectivity index (χ2v) is 16.1. The number of nitrogens with zero attached hydrogens (tertiary/aromatic N) is 1. The van der Waals surface area contributed by atoms with Crippen molar-refractivity contribution in [2.24, 2.45) is 0 Å². The Kier molecular flexibility index (Phi) is 8.25. The topological polar surface area (TPSA) is 3.24 Å². The molecule has 12 rings (SSSR count). The number of para-hydroxylation sites is 2. The van der Waals surface area contributed by atoms with Crippen LogP contribution in [0.2, 0.25) is 0 Å². The first-order valence-electron chi connectivity index (χ1n) is 21.1. The van der Waals surface area contributed by atoms with Gasteiger partial charge in [-0.25, -0.2) is 0 Å². The molecule has 61 heavy (non-hydrogen) atoms. The van der Waals surface area contributed by atoms with Crippen molar-refractivity contribution in [2.45, 2.75) is 0 Å². The largest absolute Gasteiger partial charge is 0.309 e. The summed E-state index contributed by atoms with van der Waals surface area (Å²) >= 11 is 0. The number of anilines is 3. The highest BCUT2D eigenvalue weighted by Crippen LogP contribution is 2.52. The summed E-state index contributed by atoms with van der Waals surface area (Å²) in [5.41, 5.74) is 18.0. The normalized spacial score (nSPS) is 11.9. The van der Waals surface area contributed by atoms with Gasteiger partial charge in [0, 0.05) is 16.8 Å². The minimum atomic E-state index is 1.14. The maximum atomic E-state index is 2.42. The minimum Gasteiger partial charge on any atom is -0.309 e. The van der Waals surface area contributed by atoms with Crippen LogP contribution < -0.4 is 4.90 Å². The molecule has 11 aromatic rings. The molecule has 0 bridgehead atoms. The number of hydrogen-bond donors (Lipinski definition) is 0. The summed E-state index contributed by atoms with van der Waals surface area (Å²) in [6, 6.07) is 86.8. The zero-order chi connectivity index (χ0) is 40.3. The third-order valence-corrected chi connectivity index (χ3v) is 12.6. The van der Waals surface area contributed by atoms with E-state index in [9.17, 15) is 0 Å². The molecular weight excluding hydrogens is 735 g/mol. The van der Waals surface area contributed by atoms with E-state index in [4.69, 9.17) is 0 Å². The molecule has 1 aliphatic rings. The molecule has 0 N–H and O–H groups in total. The Labute approximate surface area is 356 Å². The Balaban J connectivity index is 0.914. The lowest BCUT2D eigenvalue weighted by Crippen LogP contribution is -2.10. The van der Waals surface area contributed by atoms with Gasteiger partial charge in [-0.1, -0.05) is 194 Å². The maximum absolute atomic E-state index is 2.42. The SMILES string of the molecule is c1ccc(-c2ccc3c(c2)-c2cc(-c4ccc(-c5ccc(-c6ccc7c8ccccc8c8ccccc8c7c6)cc5)cc4)ccc2N(c2ccccc2)c2ccccc2-3)cc1. The molecule has 11 aromatic carbocycles. The molecule has 0 radical (unpaired) electrons. The van der Waals surface area contributed by atoms with Gasteiger partial charge >= 0.3 is 0 Å². The number of fused-ring (bicyclic) bond motifs is 11. The summed E-state index contributed by atoms with van der Waals surface area (Å²) in [5.74, 6) is 0. The monoisotopic (exact) mass is 773 g/mol. The molecule has 0 spiro atoms.